The van der Waals surface area contributed by atoms with E-state index in [-0.39, 0.29) is 0 Å². The summed E-state index contributed by atoms with van der Waals surface area (Å²) < 4.78 is 5.31. The van der Waals surface area contributed by atoms with E-state index in [0.29, 0.717) is 5.41 Å². The van der Waals surface area contributed by atoms with Crippen LogP contribution in [0.3, 0.4) is 0 Å². The molecule has 1 aliphatic heterocycles. The molecule has 1 unspecified atom stereocenters. The van der Waals surface area contributed by atoms with Crippen LogP contribution in [0.4, 0.5) is 0 Å². The maximum Gasteiger partial charge on any atom is 0.119 e. The molecule has 0 spiro atoms. The van der Waals surface area contributed by atoms with Crippen LogP contribution in [0.15, 0.2) is 36.5 Å². The minimum Gasteiger partial charge on any atom is -0.497 e. The maximum absolute atomic E-state index is 5.31. The van der Waals surface area contributed by atoms with Crippen molar-refractivity contribution in [2.75, 3.05) is 13.7 Å². The Morgan fingerprint density at radius 2 is 2.28 bits per heavy atom. The molecule has 1 N–H and O–H groups in total. The molecule has 1 aromatic carbocycles. The van der Waals surface area contributed by atoms with E-state index in [9.17, 15) is 0 Å². The topological polar surface area (TPSA) is 21.3 Å². The Morgan fingerprint density at radius 3 is 2.94 bits per heavy atom. The number of hydrogen-bond donors (Lipinski definition) is 1. The predicted molar refractivity (Wildman–Crippen MR) is 75.8 cm³/mol. The summed E-state index contributed by atoms with van der Waals surface area (Å²) in [7, 11) is 1.73. The molecule has 98 valence electrons. The molecule has 0 aromatic heterocycles. The SMILES string of the molecule is CCCC1(Cc2cccc(OC)c2)C=CNCC1. The molecule has 0 radical (unpaired) electrons. The number of hydrogen-bond acceptors (Lipinski definition) is 2. The van der Waals surface area contributed by atoms with E-state index in [1.807, 2.05) is 6.07 Å². The first-order chi connectivity index (χ1) is 8.78. The van der Waals surface area contributed by atoms with Crippen LogP contribution in [0.1, 0.15) is 31.7 Å². The van der Waals surface area contributed by atoms with Gasteiger partial charge >= 0.3 is 0 Å². The quantitative estimate of drug-likeness (QED) is 0.857. The molecule has 2 nitrogen and oxygen atoms in total. The fraction of sp³-hybridized carbons (Fsp3) is 0.500. The van der Waals surface area contributed by atoms with Gasteiger partial charge in [-0.25, -0.2) is 0 Å². The molecule has 0 saturated carbocycles. The summed E-state index contributed by atoms with van der Waals surface area (Å²) in [5.74, 6) is 0.956. The molecule has 1 atom stereocenters. The van der Waals surface area contributed by atoms with Crippen LogP contribution in [-0.2, 0) is 6.42 Å². The number of methoxy groups -OCH3 is 1. The monoisotopic (exact) mass is 245 g/mol. The number of nitrogens with one attached hydrogen (secondary N) is 1. The van der Waals surface area contributed by atoms with Gasteiger partial charge in [0, 0.05) is 6.54 Å². The summed E-state index contributed by atoms with van der Waals surface area (Å²) in [6.45, 7) is 3.35. The first-order valence-corrected chi connectivity index (χ1v) is 6.82. The van der Waals surface area contributed by atoms with Crippen molar-refractivity contribution in [3.8, 4) is 5.75 Å². The first kappa shape index (κ1) is 13.0. The predicted octanol–water partition coefficient (Wildman–Crippen LogP) is 3.53. The minimum absolute atomic E-state index is 0.326. The van der Waals surface area contributed by atoms with Crippen LogP contribution in [-0.4, -0.2) is 13.7 Å². The zero-order chi connectivity index (χ0) is 12.8. The highest BCUT2D eigenvalue weighted by Gasteiger charge is 2.28. The van der Waals surface area contributed by atoms with Gasteiger partial charge in [-0.15, -0.1) is 0 Å². The van der Waals surface area contributed by atoms with Crippen molar-refractivity contribution in [2.45, 2.75) is 32.6 Å². The first-order valence-electron chi connectivity index (χ1n) is 6.82. The van der Waals surface area contributed by atoms with E-state index >= 15 is 0 Å². The van der Waals surface area contributed by atoms with E-state index < -0.39 is 0 Å². The lowest BCUT2D eigenvalue weighted by Gasteiger charge is -2.33. The van der Waals surface area contributed by atoms with Crippen molar-refractivity contribution in [1.29, 1.82) is 0 Å². The van der Waals surface area contributed by atoms with Gasteiger partial charge in [-0.2, -0.15) is 0 Å². The molecule has 0 bridgehead atoms. The van der Waals surface area contributed by atoms with Crippen molar-refractivity contribution in [1.82, 2.24) is 5.32 Å². The van der Waals surface area contributed by atoms with Crippen LogP contribution >= 0.6 is 0 Å². The molecule has 0 aliphatic carbocycles. The normalized spacial score (nSPS) is 22.6. The summed E-state index contributed by atoms with van der Waals surface area (Å²) in [6.07, 6.45) is 9.29. The van der Waals surface area contributed by atoms with Gasteiger partial charge in [0.25, 0.3) is 0 Å². The third-order valence-electron chi connectivity index (χ3n) is 3.76. The van der Waals surface area contributed by atoms with Gasteiger partial charge in [0.05, 0.1) is 7.11 Å². The van der Waals surface area contributed by atoms with Gasteiger partial charge in [0.2, 0.25) is 0 Å². The highest BCUT2D eigenvalue weighted by atomic mass is 16.5. The summed E-state index contributed by atoms with van der Waals surface area (Å²) in [6, 6.07) is 8.45. The van der Waals surface area contributed by atoms with Crippen molar-refractivity contribution < 1.29 is 4.74 Å². The Labute approximate surface area is 110 Å². The minimum atomic E-state index is 0.326. The second-order valence-corrected chi connectivity index (χ2v) is 5.18. The molecule has 2 rings (SSSR count). The maximum atomic E-state index is 5.31. The lowest BCUT2D eigenvalue weighted by atomic mass is 9.74. The van der Waals surface area contributed by atoms with E-state index in [1.165, 1.54) is 24.8 Å². The molecule has 1 heterocycles. The number of allylic oxidation sites excluding steroid dienone is 1. The lowest BCUT2D eigenvalue weighted by Crippen LogP contribution is -2.30. The molecule has 1 aromatic rings. The van der Waals surface area contributed by atoms with E-state index in [2.05, 4.69) is 42.7 Å². The molecule has 1 aliphatic rings. The van der Waals surface area contributed by atoms with Crippen molar-refractivity contribution in [3.05, 3.63) is 42.1 Å². The van der Waals surface area contributed by atoms with Crippen molar-refractivity contribution in [2.24, 2.45) is 5.41 Å². The number of benzene rings is 1. The van der Waals surface area contributed by atoms with E-state index in [0.717, 1.165) is 18.7 Å². The standard InChI is InChI=1S/C16H23NO/c1-3-7-16(8-10-17-11-9-16)13-14-5-4-6-15(12-14)18-2/h4-6,8,10,12,17H,3,7,9,11,13H2,1-2H3. The van der Waals surface area contributed by atoms with Crippen LogP contribution in [0, 0.1) is 5.41 Å². The van der Waals surface area contributed by atoms with Gasteiger partial charge in [-0.3, -0.25) is 0 Å². The number of rotatable bonds is 5. The van der Waals surface area contributed by atoms with Crippen molar-refractivity contribution in [3.63, 3.8) is 0 Å². The lowest BCUT2D eigenvalue weighted by molar-refractivity contribution is 0.301. The second-order valence-electron chi connectivity index (χ2n) is 5.18. The van der Waals surface area contributed by atoms with Crippen LogP contribution in [0.5, 0.6) is 5.75 Å². The zero-order valence-corrected chi connectivity index (χ0v) is 11.4. The molecule has 18 heavy (non-hydrogen) atoms. The third kappa shape index (κ3) is 3.06. The van der Waals surface area contributed by atoms with Crippen LogP contribution in [0.2, 0.25) is 0 Å². The van der Waals surface area contributed by atoms with E-state index in [4.69, 9.17) is 4.74 Å². The molecular weight excluding hydrogens is 222 g/mol. The van der Waals surface area contributed by atoms with Gasteiger partial charge in [0.1, 0.15) is 5.75 Å². The zero-order valence-electron chi connectivity index (χ0n) is 11.4. The average Bonchev–Trinajstić information content (AvgIpc) is 2.40. The fourth-order valence-corrected chi connectivity index (χ4v) is 2.85. The van der Waals surface area contributed by atoms with Crippen molar-refractivity contribution >= 4 is 0 Å². The molecule has 2 heteroatoms. The highest BCUT2D eigenvalue weighted by molar-refractivity contribution is 5.30. The summed E-state index contributed by atoms with van der Waals surface area (Å²) in [5, 5.41) is 3.30. The Balaban J connectivity index is 2.17. The van der Waals surface area contributed by atoms with Gasteiger partial charge in [-0.05, 0) is 48.6 Å². The Morgan fingerprint density at radius 1 is 1.39 bits per heavy atom. The van der Waals surface area contributed by atoms with E-state index in [1.54, 1.807) is 7.11 Å². The Hall–Kier alpha value is -1.44. The smallest absolute Gasteiger partial charge is 0.119 e. The summed E-state index contributed by atoms with van der Waals surface area (Å²) in [4.78, 5) is 0. The van der Waals surface area contributed by atoms with Crippen LogP contribution in [0.25, 0.3) is 0 Å². The molecule has 0 saturated heterocycles. The third-order valence-corrected chi connectivity index (χ3v) is 3.76. The molecule has 0 amide bonds. The molecule has 0 fully saturated rings. The Kier molecular flexibility index (Phi) is 4.29. The highest BCUT2D eigenvalue weighted by Crippen LogP contribution is 2.36. The van der Waals surface area contributed by atoms with Gasteiger partial charge in [-0.1, -0.05) is 31.6 Å². The second kappa shape index (κ2) is 5.94. The largest absolute Gasteiger partial charge is 0.497 e. The Bertz CT molecular complexity index is 413. The van der Waals surface area contributed by atoms with Gasteiger partial charge < -0.3 is 10.1 Å². The molecular formula is C16H23NO. The average molecular weight is 245 g/mol. The summed E-state index contributed by atoms with van der Waals surface area (Å²) >= 11 is 0. The fourth-order valence-electron chi connectivity index (χ4n) is 2.85. The van der Waals surface area contributed by atoms with Crippen LogP contribution < -0.4 is 10.1 Å². The summed E-state index contributed by atoms with van der Waals surface area (Å²) in [5.41, 5.74) is 1.70. The number of ether oxygens (including phenoxy) is 1. The van der Waals surface area contributed by atoms with Gasteiger partial charge in [0.15, 0.2) is 0 Å².